The zero-order valence-electron chi connectivity index (χ0n) is 6.85. The Labute approximate surface area is 68.4 Å². The zero-order valence-corrected chi connectivity index (χ0v) is 6.85. The molecule has 0 heterocycles. The normalized spacial score (nSPS) is 17.2. The van der Waals surface area contributed by atoms with Crippen LogP contribution >= 0.6 is 0 Å². The lowest BCUT2D eigenvalue weighted by Gasteiger charge is -2.19. The van der Waals surface area contributed by atoms with Crippen LogP contribution in [-0.4, -0.2) is 23.2 Å². The maximum absolute atomic E-state index is 11.8. The van der Waals surface area contributed by atoms with E-state index in [4.69, 9.17) is 5.11 Å². The molecule has 0 aliphatic rings. The van der Waals surface area contributed by atoms with Crippen molar-refractivity contribution in [2.75, 3.05) is 0 Å². The largest absolute Gasteiger partial charge is 0.415 e. The highest BCUT2D eigenvalue weighted by Crippen LogP contribution is 2.26. The second-order valence-corrected chi connectivity index (χ2v) is 2.59. The highest BCUT2D eigenvalue weighted by atomic mass is 19.4. The first-order valence-corrected chi connectivity index (χ1v) is 3.58. The summed E-state index contributed by atoms with van der Waals surface area (Å²) in [7, 11) is 0. The summed E-state index contributed by atoms with van der Waals surface area (Å²) in [5.41, 5.74) is 0. The minimum Gasteiger partial charge on any atom is -0.383 e. The van der Waals surface area contributed by atoms with Crippen molar-refractivity contribution >= 4 is 5.78 Å². The van der Waals surface area contributed by atoms with E-state index in [9.17, 15) is 18.0 Å². The lowest BCUT2D eigenvalue weighted by atomic mass is 9.98. The van der Waals surface area contributed by atoms with Crippen LogP contribution in [0.25, 0.3) is 0 Å². The molecular formula is C7H11F3O2. The zero-order chi connectivity index (χ0) is 9.94. The first kappa shape index (κ1) is 11.4. The SMILES string of the molecule is CCC(=O)C(C)C(O)C(F)(F)F. The minimum absolute atomic E-state index is 0.00824. The van der Waals surface area contributed by atoms with Crippen LogP contribution in [0.3, 0.4) is 0 Å². The number of carbonyl (C=O) groups excluding carboxylic acids is 1. The van der Waals surface area contributed by atoms with Crippen molar-refractivity contribution in [3.8, 4) is 0 Å². The predicted molar refractivity (Wildman–Crippen MR) is 36.5 cm³/mol. The number of ketones is 1. The van der Waals surface area contributed by atoms with Crippen LogP contribution in [0.5, 0.6) is 0 Å². The van der Waals surface area contributed by atoms with E-state index >= 15 is 0 Å². The molecular weight excluding hydrogens is 173 g/mol. The van der Waals surface area contributed by atoms with E-state index in [2.05, 4.69) is 0 Å². The number of aliphatic hydroxyl groups excluding tert-OH is 1. The Hall–Kier alpha value is -0.580. The molecule has 0 rings (SSSR count). The third-order valence-corrected chi connectivity index (χ3v) is 1.67. The van der Waals surface area contributed by atoms with Gasteiger partial charge in [0.2, 0.25) is 0 Å². The molecule has 2 unspecified atom stereocenters. The molecule has 2 nitrogen and oxygen atoms in total. The molecule has 0 bridgehead atoms. The summed E-state index contributed by atoms with van der Waals surface area (Å²) in [5.74, 6) is -1.95. The number of Topliss-reactive ketones (excluding diaryl/α,β-unsaturated/α-hetero) is 1. The summed E-state index contributed by atoms with van der Waals surface area (Å²) >= 11 is 0. The molecule has 0 amide bonds. The molecule has 0 saturated carbocycles. The summed E-state index contributed by atoms with van der Waals surface area (Å²) in [6, 6.07) is 0. The molecule has 0 aromatic rings. The third-order valence-electron chi connectivity index (χ3n) is 1.67. The number of carbonyl (C=O) groups is 1. The van der Waals surface area contributed by atoms with Crippen LogP contribution in [0.2, 0.25) is 0 Å². The summed E-state index contributed by atoms with van der Waals surface area (Å²) in [6.45, 7) is 2.53. The average Bonchev–Trinajstić information content (AvgIpc) is 1.98. The summed E-state index contributed by atoms with van der Waals surface area (Å²) < 4.78 is 35.4. The second kappa shape index (κ2) is 3.89. The van der Waals surface area contributed by atoms with Crippen LogP contribution in [0.15, 0.2) is 0 Å². The van der Waals surface area contributed by atoms with Gasteiger partial charge in [-0.3, -0.25) is 4.79 Å². The van der Waals surface area contributed by atoms with Crippen LogP contribution < -0.4 is 0 Å². The Morgan fingerprint density at radius 2 is 1.92 bits per heavy atom. The van der Waals surface area contributed by atoms with E-state index in [1.807, 2.05) is 0 Å². The van der Waals surface area contributed by atoms with Gasteiger partial charge in [0, 0.05) is 12.3 Å². The molecule has 0 fully saturated rings. The molecule has 2 atom stereocenters. The Morgan fingerprint density at radius 1 is 1.50 bits per heavy atom. The average molecular weight is 184 g/mol. The van der Waals surface area contributed by atoms with E-state index in [0.29, 0.717) is 0 Å². The number of hydrogen-bond donors (Lipinski definition) is 1. The van der Waals surface area contributed by atoms with Crippen molar-refractivity contribution in [1.29, 1.82) is 0 Å². The van der Waals surface area contributed by atoms with Gasteiger partial charge in [0.05, 0.1) is 0 Å². The summed E-state index contributed by atoms with van der Waals surface area (Å²) in [6.07, 6.45) is -7.23. The van der Waals surface area contributed by atoms with E-state index in [1.54, 1.807) is 0 Å². The van der Waals surface area contributed by atoms with E-state index in [0.717, 1.165) is 6.92 Å². The van der Waals surface area contributed by atoms with Crippen molar-refractivity contribution < 1.29 is 23.1 Å². The molecule has 5 heteroatoms. The Bertz CT molecular complexity index is 165. The van der Waals surface area contributed by atoms with Gasteiger partial charge in [0.25, 0.3) is 0 Å². The minimum atomic E-state index is -4.70. The number of aliphatic hydroxyl groups is 1. The first-order valence-electron chi connectivity index (χ1n) is 3.58. The fraction of sp³-hybridized carbons (Fsp3) is 0.857. The first-order chi connectivity index (χ1) is 5.30. The molecule has 0 spiro atoms. The standard InChI is InChI=1S/C7H11F3O2/c1-3-5(11)4(2)6(12)7(8,9)10/h4,6,12H,3H2,1-2H3. The predicted octanol–water partition coefficient (Wildman–Crippen LogP) is 1.52. The molecule has 0 aliphatic carbocycles. The Balaban J connectivity index is 4.29. The Morgan fingerprint density at radius 3 is 2.17 bits per heavy atom. The molecule has 0 radical (unpaired) electrons. The van der Waals surface area contributed by atoms with Crippen molar-refractivity contribution in [2.24, 2.45) is 5.92 Å². The number of rotatable bonds is 3. The number of hydrogen-bond acceptors (Lipinski definition) is 2. The van der Waals surface area contributed by atoms with Gasteiger partial charge in [-0.15, -0.1) is 0 Å². The number of halogens is 3. The van der Waals surface area contributed by atoms with Crippen molar-refractivity contribution in [2.45, 2.75) is 32.5 Å². The number of alkyl halides is 3. The monoisotopic (exact) mass is 184 g/mol. The van der Waals surface area contributed by atoms with E-state index in [1.165, 1.54) is 6.92 Å². The summed E-state index contributed by atoms with van der Waals surface area (Å²) in [5, 5.41) is 8.61. The summed E-state index contributed by atoms with van der Waals surface area (Å²) in [4.78, 5) is 10.7. The second-order valence-electron chi connectivity index (χ2n) is 2.59. The fourth-order valence-electron chi connectivity index (χ4n) is 0.782. The van der Waals surface area contributed by atoms with Crippen LogP contribution in [0, 0.1) is 5.92 Å². The van der Waals surface area contributed by atoms with Gasteiger partial charge in [-0.2, -0.15) is 13.2 Å². The van der Waals surface area contributed by atoms with Gasteiger partial charge in [-0.05, 0) is 0 Å². The highest BCUT2D eigenvalue weighted by Gasteiger charge is 2.43. The van der Waals surface area contributed by atoms with Gasteiger partial charge < -0.3 is 5.11 Å². The van der Waals surface area contributed by atoms with Gasteiger partial charge in [-0.1, -0.05) is 13.8 Å². The van der Waals surface area contributed by atoms with E-state index in [-0.39, 0.29) is 6.42 Å². The van der Waals surface area contributed by atoms with Gasteiger partial charge in [-0.25, -0.2) is 0 Å². The fourth-order valence-corrected chi connectivity index (χ4v) is 0.782. The van der Waals surface area contributed by atoms with Gasteiger partial charge in [0.1, 0.15) is 5.78 Å². The molecule has 1 N–H and O–H groups in total. The molecule has 0 saturated heterocycles. The molecule has 0 aromatic carbocycles. The lowest BCUT2D eigenvalue weighted by molar-refractivity contribution is -0.217. The van der Waals surface area contributed by atoms with Crippen LogP contribution in [0.1, 0.15) is 20.3 Å². The maximum atomic E-state index is 11.8. The Kier molecular flexibility index (Phi) is 3.70. The van der Waals surface area contributed by atoms with E-state index < -0.39 is 24.0 Å². The van der Waals surface area contributed by atoms with Crippen LogP contribution in [-0.2, 0) is 4.79 Å². The highest BCUT2D eigenvalue weighted by molar-refractivity contribution is 5.80. The maximum Gasteiger partial charge on any atom is 0.415 e. The van der Waals surface area contributed by atoms with Crippen molar-refractivity contribution in [1.82, 2.24) is 0 Å². The van der Waals surface area contributed by atoms with Crippen molar-refractivity contribution in [3.05, 3.63) is 0 Å². The van der Waals surface area contributed by atoms with Gasteiger partial charge >= 0.3 is 6.18 Å². The van der Waals surface area contributed by atoms with Crippen LogP contribution in [0.4, 0.5) is 13.2 Å². The molecule has 72 valence electrons. The quantitative estimate of drug-likeness (QED) is 0.722. The van der Waals surface area contributed by atoms with Crippen molar-refractivity contribution in [3.63, 3.8) is 0 Å². The smallest absolute Gasteiger partial charge is 0.383 e. The molecule has 0 aliphatic heterocycles. The lowest BCUT2D eigenvalue weighted by Crippen LogP contribution is -2.38. The molecule has 12 heavy (non-hydrogen) atoms. The molecule has 0 aromatic heterocycles. The van der Waals surface area contributed by atoms with Gasteiger partial charge in [0.15, 0.2) is 6.10 Å². The topological polar surface area (TPSA) is 37.3 Å². The third kappa shape index (κ3) is 2.81.